The fourth-order valence-electron chi connectivity index (χ4n) is 3.28. The fourth-order valence-corrected chi connectivity index (χ4v) is 3.28. The Balaban J connectivity index is 0.00000192. The molecule has 5 nitrogen and oxygen atoms in total. The highest BCUT2D eigenvalue weighted by molar-refractivity contribution is 5.85. The van der Waals surface area contributed by atoms with Crippen molar-refractivity contribution in [3.8, 4) is 0 Å². The second kappa shape index (κ2) is 10.2. The number of hydrogen-bond acceptors (Lipinski definition) is 5. The molecule has 0 saturated carbocycles. The summed E-state index contributed by atoms with van der Waals surface area (Å²) in [4.78, 5) is 2.50. The number of morpholine rings is 1. The van der Waals surface area contributed by atoms with E-state index < -0.39 is 0 Å². The molecule has 2 saturated heterocycles. The monoisotopic (exact) mass is 340 g/mol. The largest absolute Gasteiger partial charge is 0.379 e. The lowest BCUT2D eigenvalue weighted by atomic mass is 9.95. The van der Waals surface area contributed by atoms with Gasteiger partial charge in [0, 0.05) is 32.1 Å². The summed E-state index contributed by atoms with van der Waals surface area (Å²) in [7, 11) is 0. The van der Waals surface area contributed by atoms with Crippen molar-refractivity contribution in [3.63, 3.8) is 0 Å². The van der Waals surface area contributed by atoms with E-state index >= 15 is 0 Å². The first-order valence-electron chi connectivity index (χ1n) is 8.47. The van der Waals surface area contributed by atoms with Gasteiger partial charge in [-0.15, -0.1) is 12.4 Å². The van der Waals surface area contributed by atoms with Gasteiger partial charge >= 0.3 is 0 Å². The van der Waals surface area contributed by atoms with Crippen molar-refractivity contribution in [1.82, 2.24) is 21.1 Å². The summed E-state index contributed by atoms with van der Waals surface area (Å²) >= 11 is 0. The predicted octanol–water partition coefficient (Wildman–Crippen LogP) is 1.19. The summed E-state index contributed by atoms with van der Waals surface area (Å²) in [5.74, 6) is 0.603. The average Bonchev–Trinajstić information content (AvgIpc) is 3.05. The Hall–Kier alpha value is -0.690. The third-order valence-corrected chi connectivity index (χ3v) is 4.59. The van der Waals surface area contributed by atoms with E-state index in [9.17, 15) is 0 Å². The van der Waals surface area contributed by atoms with E-state index in [0.717, 1.165) is 45.9 Å². The minimum atomic E-state index is 0. The van der Waals surface area contributed by atoms with Crippen molar-refractivity contribution in [3.05, 3.63) is 35.9 Å². The first-order valence-corrected chi connectivity index (χ1v) is 8.47. The van der Waals surface area contributed by atoms with E-state index in [2.05, 4.69) is 51.4 Å². The zero-order valence-corrected chi connectivity index (χ0v) is 14.5. The molecule has 3 rings (SSSR count). The van der Waals surface area contributed by atoms with Crippen LogP contribution in [0.1, 0.15) is 18.0 Å². The SMILES string of the molecule is Cl.c1ccc(C2NNCC2CNCCCN2CCOCC2)cc1. The summed E-state index contributed by atoms with van der Waals surface area (Å²) in [6.07, 6.45) is 1.21. The van der Waals surface area contributed by atoms with Crippen LogP contribution in [0.5, 0.6) is 0 Å². The molecule has 6 heteroatoms. The standard InChI is InChI=1S/C17H28N4O.ClH/c1-2-5-15(6-3-1)17-16(14-19-20-17)13-18-7-4-8-21-9-11-22-12-10-21;/h1-3,5-6,16-20H,4,7-14H2;1H. The van der Waals surface area contributed by atoms with E-state index in [-0.39, 0.29) is 12.4 Å². The molecule has 2 fully saturated rings. The molecule has 1 aromatic carbocycles. The Labute approximate surface area is 145 Å². The smallest absolute Gasteiger partial charge is 0.0594 e. The molecular weight excluding hydrogens is 312 g/mol. The predicted molar refractivity (Wildman–Crippen MR) is 95.8 cm³/mol. The van der Waals surface area contributed by atoms with Crippen molar-refractivity contribution < 1.29 is 4.74 Å². The Morgan fingerprint density at radius 3 is 2.74 bits per heavy atom. The van der Waals surface area contributed by atoms with Gasteiger partial charge in [0.15, 0.2) is 0 Å². The summed E-state index contributed by atoms with van der Waals surface area (Å²) in [5.41, 5.74) is 8.07. The topological polar surface area (TPSA) is 48.6 Å². The highest BCUT2D eigenvalue weighted by Gasteiger charge is 2.27. The quantitative estimate of drug-likeness (QED) is 0.651. The van der Waals surface area contributed by atoms with Crippen LogP contribution in [0.25, 0.3) is 0 Å². The number of nitrogens with zero attached hydrogens (tertiary/aromatic N) is 1. The van der Waals surface area contributed by atoms with Crippen molar-refractivity contribution in [1.29, 1.82) is 0 Å². The maximum Gasteiger partial charge on any atom is 0.0594 e. The summed E-state index contributed by atoms with van der Waals surface area (Å²) in [6.45, 7) is 8.32. The van der Waals surface area contributed by atoms with Crippen LogP contribution in [0.3, 0.4) is 0 Å². The minimum Gasteiger partial charge on any atom is -0.379 e. The van der Waals surface area contributed by atoms with E-state index in [1.165, 1.54) is 18.5 Å². The van der Waals surface area contributed by atoms with Crippen molar-refractivity contribution >= 4 is 12.4 Å². The van der Waals surface area contributed by atoms with Gasteiger partial charge < -0.3 is 10.1 Å². The highest BCUT2D eigenvalue weighted by Crippen LogP contribution is 2.23. The maximum atomic E-state index is 5.38. The van der Waals surface area contributed by atoms with Crippen LogP contribution >= 0.6 is 12.4 Å². The molecule has 0 aliphatic carbocycles. The lowest BCUT2D eigenvalue weighted by Crippen LogP contribution is -2.38. The zero-order valence-electron chi connectivity index (χ0n) is 13.7. The first kappa shape index (κ1) is 18.6. The third kappa shape index (κ3) is 5.71. The van der Waals surface area contributed by atoms with Gasteiger partial charge in [0.2, 0.25) is 0 Å². The van der Waals surface area contributed by atoms with Gasteiger partial charge in [0.1, 0.15) is 0 Å². The van der Waals surface area contributed by atoms with Gasteiger partial charge in [-0.1, -0.05) is 30.3 Å². The lowest BCUT2D eigenvalue weighted by Gasteiger charge is -2.26. The molecule has 3 N–H and O–H groups in total. The molecule has 0 bridgehead atoms. The molecule has 0 amide bonds. The van der Waals surface area contributed by atoms with E-state index in [0.29, 0.717) is 12.0 Å². The molecule has 0 aromatic heterocycles. The van der Waals surface area contributed by atoms with Gasteiger partial charge in [0.05, 0.1) is 19.3 Å². The molecule has 0 radical (unpaired) electrons. The second-order valence-corrected chi connectivity index (χ2v) is 6.19. The summed E-state index contributed by atoms with van der Waals surface area (Å²) in [5, 5.41) is 3.63. The Bertz CT molecular complexity index is 428. The number of hydrogen-bond donors (Lipinski definition) is 3. The maximum absolute atomic E-state index is 5.38. The molecule has 2 aliphatic rings. The minimum absolute atomic E-state index is 0. The molecule has 0 spiro atoms. The van der Waals surface area contributed by atoms with Gasteiger partial charge in [-0.3, -0.25) is 10.3 Å². The van der Waals surface area contributed by atoms with E-state index in [4.69, 9.17) is 4.74 Å². The van der Waals surface area contributed by atoms with Gasteiger partial charge in [-0.25, -0.2) is 5.43 Å². The van der Waals surface area contributed by atoms with Crippen LogP contribution in [-0.2, 0) is 4.74 Å². The molecule has 2 unspecified atom stereocenters. The third-order valence-electron chi connectivity index (χ3n) is 4.59. The van der Waals surface area contributed by atoms with E-state index in [1.54, 1.807) is 0 Å². The normalized spacial score (nSPS) is 25.2. The molecule has 1 aromatic rings. The summed E-state index contributed by atoms with van der Waals surface area (Å²) < 4.78 is 5.38. The first-order chi connectivity index (χ1) is 10.9. The number of nitrogens with one attached hydrogen (secondary N) is 3. The van der Waals surface area contributed by atoms with Crippen LogP contribution < -0.4 is 16.2 Å². The highest BCUT2D eigenvalue weighted by atomic mass is 35.5. The molecule has 2 heterocycles. The second-order valence-electron chi connectivity index (χ2n) is 6.19. The van der Waals surface area contributed by atoms with Crippen LogP contribution in [0, 0.1) is 5.92 Å². The molecule has 130 valence electrons. The molecule has 23 heavy (non-hydrogen) atoms. The van der Waals surface area contributed by atoms with Crippen LogP contribution in [0.2, 0.25) is 0 Å². The number of benzene rings is 1. The Morgan fingerprint density at radius 1 is 1.17 bits per heavy atom. The Kier molecular flexibility index (Phi) is 8.30. The number of halogens is 1. The number of hydrazine groups is 1. The van der Waals surface area contributed by atoms with Crippen LogP contribution in [0.4, 0.5) is 0 Å². The van der Waals surface area contributed by atoms with Gasteiger partial charge in [-0.05, 0) is 25.1 Å². The molecule has 2 atom stereocenters. The van der Waals surface area contributed by atoms with Crippen molar-refractivity contribution in [2.75, 3.05) is 52.5 Å². The van der Waals surface area contributed by atoms with Crippen LogP contribution in [0.15, 0.2) is 30.3 Å². The fraction of sp³-hybridized carbons (Fsp3) is 0.647. The number of ether oxygens (including phenoxy) is 1. The molecular formula is C17H29ClN4O. The van der Waals surface area contributed by atoms with E-state index in [1.807, 2.05) is 0 Å². The average molecular weight is 341 g/mol. The van der Waals surface area contributed by atoms with Crippen LogP contribution in [-0.4, -0.2) is 57.4 Å². The summed E-state index contributed by atoms with van der Waals surface area (Å²) in [6, 6.07) is 11.1. The van der Waals surface area contributed by atoms with Gasteiger partial charge in [-0.2, -0.15) is 0 Å². The number of rotatable bonds is 7. The van der Waals surface area contributed by atoms with Crippen molar-refractivity contribution in [2.45, 2.75) is 12.5 Å². The molecule has 2 aliphatic heterocycles. The van der Waals surface area contributed by atoms with Crippen molar-refractivity contribution in [2.24, 2.45) is 5.92 Å². The Morgan fingerprint density at radius 2 is 1.96 bits per heavy atom. The zero-order chi connectivity index (χ0) is 15.0. The van der Waals surface area contributed by atoms with Gasteiger partial charge in [0.25, 0.3) is 0 Å². The lowest BCUT2D eigenvalue weighted by molar-refractivity contribution is 0.0374.